The zero-order valence-corrected chi connectivity index (χ0v) is 15.4. The number of aliphatic hydroxyl groups excluding tert-OH is 1. The van der Waals surface area contributed by atoms with Crippen LogP contribution in [0.2, 0.25) is 0 Å². The van der Waals surface area contributed by atoms with E-state index in [0.717, 1.165) is 11.8 Å². The molecule has 148 valence electrons. The third kappa shape index (κ3) is 3.28. The molecule has 0 bridgehead atoms. The number of benzene rings is 1. The predicted molar refractivity (Wildman–Crippen MR) is 100.0 cm³/mol. The fraction of sp³-hybridized carbons (Fsp3) is 0.300. The number of aromatic nitrogens is 1. The Hall–Kier alpha value is -3.51. The van der Waals surface area contributed by atoms with E-state index < -0.39 is 35.9 Å². The first kappa shape index (κ1) is 18.8. The number of halogens is 1. The van der Waals surface area contributed by atoms with Gasteiger partial charge in [-0.25, -0.2) is 9.18 Å². The molecule has 9 heteroatoms. The minimum Gasteiger partial charge on any atom is -0.394 e. The number of aliphatic hydroxyl groups is 1. The highest BCUT2D eigenvalue weighted by molar-refractivity contribution is 5.96. The van der Waals surface area contributed by atoms with Crippen molar-refractivity contribution in [2.24, 2.45) is 0 Å². The Labute approximate surface area is 166 Å². The van der Waals surface area contributed by atoms with Crippen molar-refractivity contribution < 1.29 is 19.1 Å². The van der Waals surface area contributed by atoms with E-state index in [2.05, 4.69) is 15.6 Å². The third-order valence-electron chi connectivity index (χ3n) is 5.30. The van der Waals surface area contributed by atoms with Crippen molar-refractivity contribution in [2.45, 2.75) is 24.4 Å². The minimum atomic E-state index is -0.997. The van der Waals surface area contributed by atoms with Crippen LogP contribution in [-0.2, 0) is 10.3 Å². The van der Waals surface area contributed by atoms with Gasteiger partial charge in [-0.2, -0.15) is 5.26 Å². The van der Waals surface area contributed by atoms with Crippen LogP contribution < -0.4 is 10.6 Å². The monoisotopic (exact) mass is 395 g/mol. The number of hydrogen-bond donors (Lipinski definition) is 3. The van der Waals surface area contributed by atoms with E-state index in [4.69, 9.17) is 5.26 Å². The van der Waals surface area contributed by atoms with Gasteiger partial charge >= 0.3 is 6.03 Å². The first-order valence-electron chi connectivity index (χ1n) is 9.12. The number of carbonyl (C=O) groups is 2. The van der Waals surface area contributed by atoms with Gasteiger partial charge < -0.3 is 20.6 Å². The van der Waals surface area contributed by atoms with Crippen molar-refractivity contribution in [3.05, 3.63) is 59.2 Å². The third-order valence-corrected chi connectivity index (χ3v) is 5.30. The summed E-state index contributed by atoms with van der Waals surface area (Å²) >= 11 is 0. The van der Waals surface area contributed by atoms with E-state index in [1.807, 2.05) is 6.07 Å². The minimum absolute atomic E-state index is 0.0658. The molecule has 1 aliphatic carbocycles. The number of nitrogens with zero attached hydrogens (tertiary/aromatic N) is 3. The van der Waals surface area contributed by atoms with E-state index >= 15 is 0 Å². The van der Waals surface area contributed by atoms with Crippen LogP contribution in [0, 0.1) is 17.1 Å². The largest absolute Gasteiger partial charge is 0.394 e. The van der Waals surface area contributed by atoms with Crippen molar-refractivity contribution in [3.8, 4) is 6.07 Å². The summed E-state index contributed by atoms with van der Waals surface area (Å²) in [6.07, 6.45) is 3.04. The number of pyridine rings is 1. The second-order valence-electron chi connectivity index (χ2n) is 7.10. The normalized spacial score (nSPS) is 17.1. The Morgan fingerprint density at radius 2 is 2.24 bits per heavy atom. The highest BCUT2D eigenvalue weighted by Crippen LogP contribution is 2.54. The predicted octanol–water partition coefficient (Wildman–Crippen LogP) is 1.78. The van der Waals surface area contributed by atoms with Crippen LogP contribution in [0.4, 0.5) is 14.9 Å². The van der Waals surface area contributed by atoms with Crippen LogP contribution >= 0.6 is 0 Å². The maximum absolute atomic E-state index is 14.2. The molecule has 0 unspecified atom stereocenters. The van der Waals surface area contributed by atoms with Crippen LogP contribution in [0.5, 0.6) is 0 Å². The molecular formula is C20H18FN5O3. The summed E-state index contributed by atoms with van der Waals surface area (Å²) in [6, 6.07) is 7.74. The average molecular weight is 395 g/mol. The molecule has 1 aromatic carbocycles. The Morgan fingerprint density at radius 3 is 2.90 bits per heavy atom. The molecular weight excluding hydrogens is 377 g/mol. The summed E-state index contributed by atoms with van der Waals surface area (Å²) in [7, 11) is 0. The molecule has 1 aromatic heterocycles. The summed E-state index contributed by atoms with van der Waals surface area (Å²) < 4.78 is 14.2. The molecule has 1 spiro atoms. The van der Waals surface area contributed by atoms with Crippen molar-refractivity contribution in [1.82, 2.24) is 15.2 Å². The topological polar surface area (TPSA) is 118 Å². The number of anilines is 1. The van der Waals surface area contributed by atoms with Crippen molar-refractivity contribution in [2.75, 3.05) is 18.5 Å². The van der Waals surface area contributed by atoms with Crippen LogP contribution in [0.25, 0.3) is 0 Å². The molecule has 29 heavy (non-hydrogen) atoms. The first-order valence-corrected chi connectivity index (χ1v) is 9.12. The van der Waals surface area contributed by atoms with E-state index in [-0.39, 0.29) is 17.7 Å². The van der Waals surface area contributed by atoms with Crippen LogP contribution in [0.3, 0.4) is 0 Å². The van der Waals surface area contributed by atoms with Gasteiger partial charge in [0.2, 0.25) is 5.91 Å². The quantitative estimate of drug-likeness (QED) is 0.713. The van der Waals surface area contributed by atoms with Crippen LogP contribution in [0.15, 0.2) is 36.5 Å². The van der Waals surface area contributed by atoms with Gasteiger partial charge in [-0.15, -0.1) is 0 Å². The number of hydrogen-bond acceptors (Lipinski definition) is 5. The van der Waals surface area contributed by atoms with E-state index in [1.165, 1.54) is 17.0 Å². The van der Waals surface area contributed by atoms with Crippen LogP contribution in [0.1, 0.15) is 35.7 Å². The summed E-state index contributed by atoms with van der Waals surface area (Å²) in [4.78, 5) is 31.0. The molecule has 2 heterocycles. The Bertz CT molecular complexity index is 1030. The van der Waals surface area contributed by atoms with Gasteiger partial charge in [0.05, 0.1) is 41.2 Å². The molecule has 1 atom stereocenters. The smallest absolute Gasteiger partial charge is 0.323 e. The standard InChI is InChI=1S/C20H18FN5O3/c21-14-8-12(9-22)3-4-13(14)16(11-27)24-17(28)10-26-19(29)25-15-2-1-7-23-18(15)20(26)5-6-20/h1-4,7-8,16,27H,5-6,10-11H2,(H,24,28)(H,25,29)/t16-/m1/s1. The highest BCUT2D eigenvalue weighted by Gasteiger charge is 2.56. The Balaban J connectivity index is 1.51. The van der Waals surface area contributed by atoms with Gasteiger partial charge in [0.25, 0.3) is 0 Å². The van der Waals surface area contributed by atoms with Crippen LogP contribution in [-0.4, -0.2) is 40.1 Å². The number of rotatable bonds is 5. The second-order valence-corrected chi connectivity index (χ2v) is 7.10. The number of nitriles is 1. The first-order chi connectivity index (χ1) is 14.0. The Kier molecular flexibility index (Phi) is 4.64. The molecule has 0 radical (unpaired) electrons. The number of nitrogens with one attached hydrogen (secondary N) is 2. The lowest BCUT2D eigenvalue weighted by Crippen LogP contribution is -2.52. The fourth-order valence-corrected chi connectivity index (χ4v) is 3.71. The molecule has 4 rings (SSSR count). The van der Waals surface area contributed by atoms with Gasteiger partial charge in [0.15, 0.2) is 0 Å². The lowest BCUT2D eigenvalue weighted by Gasteiger charge is -2.36. The van der Waals surface area contributed by atoms with Crippen molar-refractivity contribution in [3.63, 3.8) is 0 Å². The molecule has 0 saturated heterocycles. The summed E-state index contributed by atoms with van der Waals surface area (Å²) in [5, 5.41) is 23.8. The van der Waals surface area contributed by atoms with E-state index in [9.17, 15) is 19.1 Å². The van der Waals surface area contributed by atoms with Crippen molar-refractivity contribution in [1.29, 1.82) is 5.26 Å². The summed E-state index contributed by atoms with van der Waals surface area (Å²) in [6.45, 7) is -0.785. The molecule has 1 fully saturated rings. The Morgan fingerprint density at radius 1 is 1.45 bits per heavy atom. The molecule has 8 nitrogen and oxygen atoms in total. The molecule has 1 aliphatic heterocycles. The SMILES string of the molecule is N#Cc1ccc([C@@H](CO)NC(=O)CN2C(=O)Nc3cccnc3C23CC3)c(F)c1. The molecule has 3 amide bonds. The van der Waals surface area contributed by atoms with Gasteiger partial charge in [-0.05, 0) is 37.1 Å². The fourth-order valence-electron chi connectivity index (χ4n) is 3.71. The summed E-state index contributed by atoms with van der Waals surface area (Å²) in [5.74, 6) is -1.23. The van der Waals surface area contributed by atoms with Gasteiger partial charge in [0.1, 0.15) is 12.4 Å². The number of amides is 3. The zero-order chi connectivity index (χ0) is 20.6. The molecule has 2 aromatic rings. The maximum atomic E-state index is 14.2. The average Bonchev–Trinajstić information content (AvgIpc) is 3.51. The number of fused-ring (bicyclic) bond motifs is 2. The maximum Gasteiger partial charge on any atom is 0.323 e. The zero-order valence-electron chi connectivity index (χ0n) is 15.4. The molecule has 1 saturated carbocycles. The number of urea groups is 1. The van der Waals surface area contributed by atoms with E-state index in [0.29, 0.717) is 18.5 Å². The van der Waals surface area contributed by atoms with E-state index in [1.54, 1.807) is 18.3 Å². The lowest BCUT2D eigenvalue weighted by molar-refractivity contribution is -0.123. The lowest BCUT2D eigenvalue weighted by atomic mass is 10.0. The number of carbonyl (C=O) groups excluding carboxylic acids is 2. The molecule has 2 aliphatic rings. The summed E-state index contributed by atoms with van der Waals surface area (Å²) in [5.41, 5.74) is 0.964. The van der Waals surface area contributed by atoms with Crippen molar-refractivity contribution >= 4 is 17.6 Å². The second kappa shape index (κ2) is 7.14. The van der Waals surface area contributed by atoms with Gasteiger partial charge in [-0.3, -0.25) is 9.78 Å². The molecule has 3 N–H and O–H groups in total. The van der Waals surface area contributed by atoms with Gasteiger partial charge in [0, 0.05) is 11.8 Å². The highest BCUT2D eigenvalue weighted by atomic mass is 19.1. The van der Waals surface area contributed by atoms with Gasteiger partial charge in [-0.1, -0.05) is 6.07 Å².